The van der Waals surface area contributed by atoms with E-state index in [1.807, 2.05) is 71.3 Å². The number of anilines is 3. The van der Waals surface area contributed by atoms with Crippen LogP contribution in [0.5, 0.6) is 0 Å². The van der Waals surface area contributed by atoms with Crippen molar-refractivity contribution in [2.75, 3.05) is 22.9 Å². The lowest BCUT2D eigenvalue weighted by Crippen LogP contribution is -2.32. The molecule has 7 nitrogen and oxygen atoms in total. The van der Waals surface area contributed by atoms with Crippen molar-refractivity contribution < 1.29 is 4.92 Å². The Hall–Kier alpha value is -4.00. The van der Waals surface area contributed by atoms with Crippen molar-refractivity contribution in [2.45, 2.75) is 19.9 Å². The third-order valence-corrected chi connectivity index (χ3v) is 6.03. The third-order valence-electron chi connectivity index (χ3n) is 6.03. The molecular formula is C25H23N5O2. The predicted molar refractivity (Wildman–Crippen MR) is 127 cm³/mol. The summed E-state index contributed by atoms with van der Waals surface area (Å²) in [7, 11) is 0. The summed E-state index contributed by atoms with van der Waals surface area (Å²) in [5.41, 5.74) is 3.30. The van der Waals surface area contributed by atoms with Gasteiger partial charge in [0.1, 0.15) is 6.33 Å². The highest BCUT2D eigenvalue weighted by molar-refractivity contribution is 5.96. The Morgan fingerprint density at radius 2 is 1.75 bits per heavy atom. The number of nitrogens with zero attached hydrogens (tertiary/aromatic N) is 5. The summed E-state index contributed by atoms with van der Waals surface area (Å²) in [5, 5.41) is 14.4. The highest BCUT2D eigenvalue weighted by Crippen LogP contribution is 2.40. The summed E-state index contributed by atoms with van der Waals surface area (Å²) in [6.45, 7) is 3.78. The molecule has 1 aromatic heterocycles. The van der Waals surface area contributed by atoms with Crippen molar-refractivity contribution >= 4 is 33.8 Å². The van der Waals surface area contributed by atoms with Gasteiger partial charge in [0.15, 0.2) is 0 Å². The first-order valence-corrected chi connectivity index (χ1v) is 10.7. The van der Waals surface area contributed by atoms with E-state index in [9.17, 15) is 10.1 Å². The van der Waals surface area contributed by atoms with Crippen LogP contribution in [-0.2, 0) is 13.0 Å². The summed E-state index contributed by atoms with van der Waals surface area (Å²) in [6, 6.07) is 22.2. The van der Waals surface area contributed by atoms with Gasteiger partial charge in [0, 0.05) is 25.0 Å². The molecule has 0 aliphatic carbocycles. The van der Waals surface area contributed by atoms with Gasteiger partial charge in [0.25, 0.3) is 0 Å². The molecule has 7 heteroatoms. The van der Waals surface area contributed by atoms with Gasteiger partial charge in [-0.05, 0) is 35.9 Å². The van der Waals surface area contributed by atoms with Crippen LogP contribution in [0, 0.1) is 10.1 Å². The van der Waals surface area contributed by atoms with Crippen molar-refractivity contribution in [3.63, 3.8) is 0 Å². The molecule has 0 saturated heterocycles. The summed E-state index contributed by atoms with van der Waals surface area (Å²) >= 11 is 0. The Morgan fingerprint density at radius 3 is 2.56 bits per heavy atom. The number of benzene rings is 3. The lowest BCUT2D eigenvalue weighted by molar-refractivity contribution is -0.383. The fraction of sp³-hybridized carbons (Fsp3) is 0.200. The Balaban J connectivity index is 1.63. The fourth-order valence-electron chi connectivity index (χ4n) is 4.51. The number of nitro groups is 1. The maximum absolute atomic E-state index is 12.3. The van der Waals surface area contributed by atoms with Crippen LogP contribution in [0.25, 0.3) is 10.8 Å². The molecule has 0 bridgehead atoms. The van der Waals surface area contributed by atoms with Gasteiger partial charge < -0.3 is 9.80 Å². The standard InChI is InChI=1S/C25H23N5O2/c1-2-29(22-13-7-11-19-9-5-6-12-21(19)22)25-23(30(31)32)24(26-17-27-25)28-15-14-18-8-3-4-10-20(18)16-28/h3-13,17H,2,14-16H2,1H3. The molecule has 160 valence electrons. The topological polar surface area (TPSA) is 75.4 Å². The Labute approximate surface area is 186 Å². The van der Waals surface area contributed by atoms with E-state index >= 15 is 0 Å². The number of hydrogen-bond donors (Lipinski definition) is 0. The SMILES string of the molecule is CCN(c1ncnc(N2CCc3ccccc3C2)c1[N+](=O)[O-])c1cccc2ccccc12. The van der Waals surface area contributed by atoms with Gasteiger partial charge >= 0.3 is 5.69 Å². The van der Waals surface area contributed by atoms with Gasteiger partial charge in [-0.1, -0.05) is 60.7 Å². The van der Waals surface area contributed by atoms with E-state index in [1.54, 1.807) is 0 Å². The first kappa shape index (κ1) is 19.9. The van der Waals surface area contributed by atoms with Crippen LogP contribution in [0.3, 0.4) is 0 Å². The largest absolute Gasteiger partial charge is 0.354 e. The van der Waals surface area contributed by atoms with E-state index in [1.165, 1.54) is 17.5 Å². The Morgan fingerprint density at radius 1 is 1.00 bits per heavy atom. The number of fused-ring (bicyclic) bond motifs is 2. The van der Waals surface area contributed by atoms with Crippen molar-refractivity contribution in [2.24, 2.45) is 0 Å². The Kier molecular flexibility index (Phi) is 5.15. The van der Waals surface area contributed by atoms with Gasteiger partial charge in [-0.2, -0.15) is 0 Å². The van der Waals surface area contributed by atoms with Crippen LogP contribution >= 0.6 is 0 Å². The van der Waals surface area contributed by atoms with Crippen LogP contribution in [0.1, 0.15) is 18.1 Å². The molecule has 3 aromatic carbocycles. The molecule has 32 heavy (non-hydrogen) atoms. The molecule has 1 aliphatic rings. The van der Waals surface area contributed by atoms with Crippen LogP contribution < -0.4 is 9.80 Å². The Bertz CT molecular complexity index is 1300. The molecule has 5 rings (SSSR count). The highest BCUT2D eigenvalue weighted by atomic mass is 16.6. The van der Waals surface area contributed by atoms with Crippen molar-refractivity contribution in [3.8, 4) is 0 Å². The molecular weight excluding hydrogens is 402 g/mol. The minimum Gasteiger partial charge on any atom is -0.346 e. The predicted octanol–water partition coefficient (Wildman–Crippen LogP) is 5.26. The number of aromatic nitrogens is 2. The molecule has 0 unspecified atom stereocenters. The maximum Gasteiger partial charge on any atom is 0.354 e. The fourth-order valence-corrected chi connectivity index (χ4v) is 4.51. The molecule has 0 atom stereocenters. The van der Waals surface area contributed by atoms with E-state index in [-0.39, 0.29) is 10.6 Å². The van der Waals surface area contributed by atoms with Crippen molar-refractivity contribution in [1.82, 2.24) is 9.97 Å². The highest BCUT2D eigenvalue weighted by Gasteiger charge is 2.32. The first-order chi connectivity index (χ1) is 15.7. The minimum atomic E-state index is -0.348. The second-order valence-electron chi connectivity index (χ2n) is 7.81. The third kappa shape index (κ3) is 3.41. The van der Waals surface area contributed by atoms with Gasteiger partial charge in [-0.3, -0.25) is 10.1 Å². The van der Waals surface area contributed by atoms with E-state index < -0.39 is 0 Å². The molecule has 4 aromatic rings. The molecule has 0 spiro atoms. The normalized spacial score (nSPS) is 13.1. The molecule has 0 N–H and O–H groups in total. The zero-order chi connectivity index (χ0) is 22.1. The molecule has 2 heterocycles. The lowest BCUT2D eigenvalue weighted by Gasteiger charge is -2.30. The lowest BCUT2D eigenvalue weighted by atomic mass is 10.00. The summed E-state index contributed by atoms with van der Waals surface area (Å²) < 4.78 is 0. The van der Waals surface area contributed by atoms with Gasteiger partial charge in [-0.15, -0.1) is 0 Å². The number of rotatable bonds is 5. The van der Waals surface area contributed by atoms with Gasteiger partial charge in [-0.25, -0.2) is 9.97 Å². The average Bonchev–Trinajstić information content (AvgIpc) is 2.84. The quantitative estimate of drug-likeness (QED) is 0.321. The van der Waals surface area contributed by atoms with Gasteiger partial charge in [0.2, 0.25) is 11.6 Å². The second-order valence-corrected chi connectivity index (χ2v) is 7.81. The van der Waals surface area contributed by atoms with E-state index in [0.717, 1.165) is 22.9 Å². The molecule has 1 aliphatic heterocycles. The first-order valence-electron chi connectivity index (χ1n) is 10.7. The molecule has 0 amide bonds. The molecule has 0 radical (unpaired) electrons. The smallest absolute Gasteiger partial charge is 0.346 e. The van der Waals surface area contributed by atoms with Crippen LogP contribution in [0.15, 0.2) is 73.1 Å². The van der Waals surface area contributed by atoms with Crippen LogP contribution in [0.2, 0.25) is 0 Å². The van der Waals surface area contributed by atoms with E-state index in [2.05, 4.69) is 22.1 Å². The van der Waals surface area contributed by atoms with Gasteiger partial charge in [0.05, 0.1) is 10.6 Å². The molecule has 0 saturated carbocycles. The monoisotopic (exact) mass is 425 g/mol. The average molecular weight is 425 g/mol. The van der Waals surface area contributed by atoms with E-state index in [0.29, 0.717) is 31.3 Å². The molecule has 0 fully saturated rings. The summed E-state index contributed by atoms with van der Waals surface area (Å²) in [6.07, 6.45) is 2.26. The van der Waals surface area contributed by atoms with Crippen molar-refractivity contribution in [3.05, 3.63) is 94.3 Å². The maximum atomic E-state index is 12.3. The zero-order valence-corrected chi connectivity index (χ0v) is 17.8. The summed E-state index contributed by atoms with van der Waals surface area (Å²) in [4.78, 5) is 24.6. The van der Waals surface area contributed by atoms with Crippen LogP contribution in [-0.4, -0.2) is 28.0 Å². The number of hydrogen-bond acceptors (Lipinski definition) is 6. The van der Waals surface area contributed by atoms with Crippen molar-refractivity contribution in [1.29, 1.82) is 0 Å². The second kappa shape index (κ2) is 8.26. The minimum absolute atomic E-state index is 0.0540. The zero-order valence-electron chi connectivity index (χ0n) is 17.8. The summed E-state index contributed by atoms with van der Waals surface area (Å²) in [5.74, 6) is 0.686. The van der Waals surface area contributed by atoms with E-state index in [4.69, 9.17) is 0 Å². The van der Waals surface area contributed by atoms with Crippen LogP contribution in [0.4, 0.5) is 23.0 Å².